The fourth-order valence-corrected chi connectivity index (χ4v) is 3.94. The first kappa shape index (κ1) is 21.8. The predicted octanol–water partition coefficient (Wildman–Crippen LogP) is 3.63. The summed E-state index contributed by atoms with van der Waals surface area (Å²) in [6.45, 7) is 6.95. The minimum absolute atomic E-state index is 0.0542. The molecule has 2 aromatic rings. The number of nitrogens with zero attached hydrogens (tertiary/aromatic N) is 3. The molecule has 0 unspecified atom stereocenters. The maximum atomic E-state index is 12.3. The molecule has 0 radical (unpaired) electrons. The van der Waals surface area contributed by atoms with Gasteiger partial charge < -0.3 is 15.4 Å². The second-order valence-corrected chi connectivity index (χ2v) is 7.79. The predicted molar refractivity (Wildman–Crippen MR) is 116 cm³/mol. The number of aromatic nitrogens is 3. The van der Waals surface area contributed by atoms with Gasteiger partial charge in [0.2, 0.25) is 5.91 Å². The van der Waals surface area contributed by atoms with E-state index >= 15 is 0 Å². The fourth-order valence-electron chi connectivity index (χ4n) is 3.76. The normalized spacial score (nSPS) is 15.0. The van der Waals surface area contributed by atoms with Crippen molar-refractivity contribution in [3.05, 3.63) is 17.5 Å². The highest BCUT2D eigenvalue weighted by Gasteiger charge is 2.21. The van der Waals surface area contributed by atoms with E-state index in [9.17, 15) is 4.79 Å². The van der Waals surface area contributed by atoms with Gasteiger partial charge in [0.1, 0.15) is 0 Å². The third-order valence-corrected chi connectivity index (χ3v) is 5.69. The Hall–Kier alpha value is -1.86. The van der Waals surface area contributed by atoms with Crippen LogP contribution in [0.2, 0.25) is 0 Å². The molecule has 2 aromatic heterocycles. The van der Waals surface area contributed by atoms with Crippen molar-refractivity contribution in [2.75, 3.05) is 24.4 Å². The van der Waals surface area contributed by atoms with Crippen molar-refractivity contribution in [1.29, 1.82) is 0 Å². The van der Waals surface area contributed by atoms with Crippen LogP contribution in [0.3, 0.4) is 0 Å². The Morgan fingerprint density at radius 2 is 2.10 bits per heavy atom. The first-order valence-corrected chi connectivity index (χ1v) is 11.3. The van der Waals surface area contributed by atoms with Crippen LogP contribution in [0.4, 0.5) is 5.69 Å². The van der Waals surface area contributed by atoms with Gasteiger partial charge in [-0.1, -0.05) is 6.92 Å². The molecule has 0 bridgehead atoms. The average molecular weight is 422 g/mol. The van der Waals surface area contributed by atoms with E-state index in [2.05, 4.69) is 29.6 Å². The van der Waals surface area contributed by atoms with Crippen molar-refractivity contribution < 1.29 is 9.53 Å². The van der Waals surface area contributed by atoms with Crippen LogP contribution in [0.5, 0.6) is 0 Å². The summed E-state index contributed by atoms with van der Waals surface area (Å²) in [6.07, 6.45) is 6.79. The molecule has 7 nitrogen and oxygen atoms in total. The first-order valence-electron chi connectivity index (χ1n) is 10.7. The highest BCUT2D eigenvalue weighted by atomic mass is 35.5. The molecule has 0 aromatic carbocycles. The van der Waals surface area contributed by atoms with Crippen molar-refractivity contribution in [2.45, 2.75) is 71.5 Å². The topological polar surface area (TPSA) is 81.1 Å². The number of nitrogens with one attached hydrogen (secondary N) is 2. The van der Waals surface area contributed by atoms with Gasteiger partial charge in [-0.25, -0.2) is 9.67 Å². The van der Waals surface area contributed by atoms with Crippen molar-refractivity contribution in [2.24, 2.45) is 0 Å². The average Bonchev–Trinajstić information content (AvgIpc) is 3.16. The number of aryl methyl sites for hydroxylation is 2. The largest absolute Gasteiger partial charge is 0.381 e. The summed E-state index contributed by atoms with van der Waals surface area (Å²) >= 11 is 5.72. The van der Waals surface area contributed by atoms with Gasteiger partial charge in [0, 0.05) is 55.9 Å². The van der Waals surface area contributed by atoms with Gasteiger partial charge in [-0.2, -0.15) is 5.10 Å². The Morgan fingerprint density at radius 3 is 2.79 bits per heavy atom. The summed E-state index contributed by atoms with van der Waals surface area (Å²) in [5.74, 6) is 0.646. The van der Waals surface area contributed by atoms with Gasteiger partial charge in [0.05, 0.1) is 17.3 Å². The molecule has 1 aliphatic rings. The Labute approximate surface area is 177 Å². The standard InChI is InChI=1S/C21H32ClN5O2/c1-3-18-16(13-23-19(28)7-5-6-10-22)20(25-15-8-11-29-12-9-15)17-14-24-27(4-2)21(17)26-18/h14-15H,3-13H2,1-2H3,(H,23,28)(H,25,26). The van der Waals surface area contributed by atoms with E-state index in [1.165, 1.54) is 0 Å². The number of fused-ring (bicyclic) bond motifs is 1. The third kappa shape index (κ3) is 5.39. The lowest BCUT2D eigenvalue weighted by Gasteiger charge is -2.26. The molecule has 29 heavy (non-hydrogen) atoms. The van der Waals surface area contributed by atoms with Crippen LogP contribution in [0.1, 0.15) is 57.2 Å². The summed E-state index contributed by atoms with van der Waals surface area (Å²) in [6, 6.07) is 0.349. The summed E-state index contributed by atoms with van der Waals surface area (Å²) in [7, 11) is 0. The molecule has 2 N–H and O–H groups in total. The molecule has 8 heteroatoms. The van der Waals surface area contributed by atoms with E-state index in [0.29, 0.717) is 24.9 Å². The number of alkyl halides is 1. The minimum Gasteiger partial charge on any atom is -0.381 e. The number of hydrogen-bond acceptors (Lipinski definition) is 5. The number of unbranched alkanes of at least 4 members (excludes halogenated alkanes) is 1. The molecule has 1 fully saturated rings. The highest BCUT2D eigenvalue weighted by Crippen LogP contribution is 2.31. The Kier molecular flexibility index (Phi) is 8.12. The van der Waals surface area contributed by atoms with E-state index in [1.54, 1.807) is 0 Å². The summed E-state index contributed by atoms with van der Waals surface area (Å²) in [5.41, 5.74) is 4.02. The minimum atomic E-state index is 0.0542. The van der Waals surface area contributed by atoms with E-state index in [-0.39, 0.29) is 5.91 Å². The molecular weight excluding hydrogens is 390 g/mol. The maximum absolute atomic E-state index is 12.3. The lowest BCUT2D eigenvalue weighted by molar-refractivity contribution is -0.121. The molecule has 0 aliphatic carbocycles. The molecule has 160 valence electrons. The lowest BCUT2D eigenvalue weighted by atomic mass is 10.0. The van der Waals surface area contributed by atoms with Crippen molar-refractivity contribution in [3.63, 3.8) is 0 Å². The zero-order chi connectivity index (χ0) is 20.6. The van der Waals surface area contributed by atoms with E-state index < -0.39 is 0 Å². The van der Waals surface area contributed by atoms with Crippen LogP contribution in [-0.4, -0.2) is 45.8 Å². The zero-order valence-corrected chi connectivity index (χ0v) is 18.2. The molecule has 0 spiro atoms. The van der Waals surface area contributed by atoms with Gasteiger partial charge in [-0.15, -0.1) is 11.6 Å². The molecule has 1 saturated heterocycles. The summed E-state index contributed by atoms with van der Waals surface area (Å²) < 4.78 is 7.44. The van der Waals surface area contributed by atoms with Gasteiger partial charge in [0.25, 0.3) is 0 Å². The molecule has 0 atom stereocenters. The van der Waals surface area contributed by atoms with Gasteiger partial charge in [0.15, 0.2) is 5.65 Å². The van der Waals surface area contributed by atoms with E-state index in [1.807, 2.05) is 10.9 Å². The Bertz CT molecular complexity index is 817. The summed E-state index contributed by atoms with van der Waals surface area (Å²) in [5, 5.41) is 12.4. The van der Waals surface area contributed by atoms with E-state index in [0.717, 1.165) is 79.8 Å². The monoisotopic (exact) mass is 421 g/mol. The third-order valence-electron chi connectivity index (χ3n) is 5.43. The SMILES string of the molecule is CCc1nc2c(cnn2CC)c(NC2CCOCC2)c1CNC(=O)CCCCCl. The van der Waals surface area contributed by atoms with Crippen LogP contribution in [0, 0.1) is 0 Å². The lowest BCUT2D eigenvalue weighted by Crippen LogP contribution is -2.30. The van der Waals surface area contributed by atoms with Crippen LogP contribution in [-0.2, 0) is 29.0 Å². The number of halogens is 1. The zero-order valence-electron chi connectivity index (χ0n) is 17.5. The van der Waals surface area contributed by atoms with Gasteiger partial charge in [-0.3, -0.25) is 4.79 Å². The van der Waals surface area contributed by atoms with Gasteiger partial charge >= 0.3 is 0 Å². The number of carbonyl (C=O) groups excluding carboxylic acids is 1. The second-order valence-electron chi connectivity index (χ2n) is 7.42. The van der Waals surface area contributed by atoms with Crippen LogP contribution < -0.4 is 10.6 Å². The van der Waals surface area contributed by atoms with Gasteiger partial charge in [-0.05, 0) is 39.0 Å². The fraction of sp³-hybridized carbons (Fsp3) is 0.667. The van der Waals surface area contributed by atoms with Crippen molar-refractivity contribution in [3.8, 4) is 0 Å². The number of hydrogen-bond donors (Lipinski definition) is 2. The quantitative estimate of drug-likeness (QED) is 0.452. The molecular formula is C21H32ClN5O2. The van der Waals surface area contributed by atoms with E-state index in [4.69, 9.17) is 21.3 Å². The number of anilines is 1. The second kappa shape index (κ2) is 10.8. The molecule has 1 amide bonds. The van der Waals surface area contributed by atoms with Crippen LogP contribution in [0.15, 0.2) is 6.20 Å². The first-order chi connectivity index (χ1) is 14.2. The smallest absolute Gasteiger partial charge is 0.220 e. The molecule has 3 rings (SSSR count). The number of carbonyl (C=O) groups is 1. The molecule has 1 aliphatic heterocycles. The Balaban J connectivity index is 1.90. The highest BCUT2D eigenvalue weighted by molar-refractivity contribution is 6.17. The number of ether oxygens (including phenoxy) is 1. The number of pyridine rings is 1. The maximum Gasteiger partial charge on any atom is 0.220 e. The Morgan fingerprint density at radius 1 is 1.31 bits per heavy atom. The van der Waals surface area contributed by atoms with Crippen LogP contribution >= 0.6 is 11.6 Å². The van der Waals surface area contributed by atoms with Crippen molar-refractivity contribution >= 4 is 34.2 Å². The van der Waals surface area contributed by atoms with Crippen molar-refractivity contribution in [1.82, 2.24) is 20.1 Å². The molecule has 3 heterocycles. The van der Waals surface area contributed by atoms with Crippen LogP contribution in [0.25, 0.3) is 11.0 Å². The number of amides is 1. The number of rotatable bonds is 10. The summed E-state index contributed by atoms with van der Waals surface area (Å²) in [4.78, 5) is 17.2. The molecule has 0 saturated carbocycles.